The topological polar surface area (TPSA) is 50.1 Å². The van der Waals surface area contributed by atoms with Crippen molar-refractivity contribution in [1.29, 1.82) is 0 Å². The van der Waals surface area contributed by atoms with Crippen LogP contribution in [0.4, 0.5) is 5.69 Å². The summed E-state index contributed by atoms with van der Waals surface area (Å²) in [5.41, 5.74) is 8.47. The van der Waals surface area contributed by atoms with Gasteiger partial charge >= 0.3 is 0 Å². The molecule has 2 rings (SSSR count). The molecular formula is C15H23N3S. The van der Waals surface area contributed by atoms with Crippen molar-refractivity contribution in [3.63, 3.8) is 0 Å². The van der Waals surface area contributed by atoms with Crippen molar-refractivity contribution in [3.05, 3.63) is 29.8 Å². The van der Waals surface area contributed by atoms with E-state index in [1.807, 2.05) is 0 Å². The van der Waals surface area contributed by atoms with Crippen LogP contribution in [0.25, 0.3) is 0 Å². The first-order chi connectivity index (χ1) is 9.19. The minimum atomic E-state index is 0.218. The second-order valence-electron chi connectivity index (χ2n) is 5.20. The average Bonchev–Trinajstić information content (AvgIpc) is 2.42. The van der Waals surface area contributed by atoms with Crippen LogP contribution in [0.15, 0.2) is 24.3 Å². The molecule has 0 aromatic heterocycles. The molecule has 1 fully saturated rings. The quantitative estimate of drug-likeness (QED) is 0.744. The zero-order chi connectivity index (χ0) is 13.7. The van der Waals surface area contributed by atoms with E-state index in [2.05, 4.69) is 41.8 Å². The van der Waals surface area contributed by atoms with Crippen molar-refractivity contribution >= 4 is 23.0 Å². The SMILES string of the molecule is CCc1ccc(NC(=S)NC2CCCCC2N)cc1. The van der Waals surface area contributed by atoms with E-state index >= 15 is 0 Å². The Balaban J connectivity index is 1.86. The number of rotatable bonds is 3. The highest BCUT2D eigenvalue weighted by atomic mass is 32.1. The fraction of sp³-hybridized carbons (Fsp3) is 0.533. The van der Waals surface area contributed by atoms with E-state index < -0.39 is 0 Å². The Labute approximate surface area is 121 Å². The van der Waals surface area contributed by atoms with Gasteiger partial charge in [-0.1, -0.05) is 31.9 Å². The van der Waals surface area contributed by atoms with Crippen molar-refractivity contribution in [2.75, 3.05) is 5.32 Å². The first-order valence-electron chi connectivity index (χ1n) is 7.11. The second-order valence-corrected chi connectivity index (χ2v) is 5.61. The molecule has 1 aromatic carbocycles. The lowest BCUT2D eigenvalue weighted by atomic mass is 9.91. The fourth-order valence-corrected chi connectivity index (χ4v) is 2.77. The van der Waals surface area contributed by atoms with Gasteiger partial charge in [-0.2, -0.15) is 0 Å². The molecule has 19 heavy (non-hydrogen) atoms. The van der Waals surface area contributed by atoms with Crippen LogP contribution in [-0.2, 0) is 6.42 Å². The summed E-state index contributed by atoms with van der Waals surface area (Å²) in [6.45, 7) is 2.15. The first kappa shape index (κ1) is 14.3. The van der Waals surface area contributed by atoms with Crippen molar-refractivity contribution in [3.8, 4) is 0 Å². The van der Waals surface area contributed by atoms with Gasteiger partial charge in [0.05, 0.1) is 0 Å². The third kappa shape index (κ3) is 4.18. The molecule has 1 aliphatic rings. The van der Waals surface area contributed by atoms with E-state index in [1.54, 1.807) is 0 Å². The summed E-state index contributed by atoms with van der Waals surface area (Å²) in [6, 6.07) is 8.90. The van der Waals surface area contributed by atoms with E-state index in [1.165, 1.54) is 18.4 Å². The summed E-state index contributed by atoms with van der Waals surface area (Å²) in [4.78, 5) is 0. The van der Waals surface area contributed by atoms with Crippen LogP contribution in [0.2, 0.25) is 0 Å². The molecule has 104 valence electrons. The monoisotopic (exact) mass is 277 g/mol. The van der Waals surface area contributed by atoms with Crippen molar-refractivity contribution in [2.45, 2.75) is 51.1 Å². The Morgan fingerprint density at radius 2 is 1.95 bits per heavy atom. The highest BCUT2D eigenvalue weighted by Gasteiger charge is 2.22. The van der Waals surface area contributed by atoms with Gasteiger partial charge in [-0.25, -0.2) is 0 Å². The van der Waals surface area contributed by atoms with Crippen LogP contribution < -0.4 is 16.4 Å². The van der Waals surface area contributed by atoms with Crippen LogP contribution in [0.5, 0.6) is 0 Å². The summed E-state index contributed by atoms with van der Waals surface area (Å²) >= 11 is 5.35. The lowest BCUT2D eigenvalue weighted by molar-refractivity contribution is 0.361. The van der Waals surface area contributed by atoms with Crippen molar-refractivity contribution in [2.24, 2.45) is 5.73 Å². The smallest absolute Gasteiger partial charge is 0.171 e. The molecule has 0 bridgehead atoms. The van der Waals surface area contributed by atoms with Crippen LogP contribution >= 0.6 is 12.2 Å². The van der Waals surface area contributed by atoms with E-state index in [0.717, 1.165) is 24.9 Å². The zero-order valence-corrected chi connectivity index (χ0v) is 12.3. The normalized spacial score (nSPS) is 22.8. The van der Waals surface area contributed by atoms with Gasteiger partial charge in [-0.05, 0) is 49.2 Å². The van der Waals surface area contributed by atoms with E-state index in [-0.39, 0.29) is 6.04 Å². The summed E-state index contributed by atoms with van der Waals surface area (Å²) < 4.78 is 0. The largest absolute Gasteiger partial charge is 0.358 e. The molecule has 0 radical (unpaired) electrons. The summed E-state index contributed by atoms with van der Waals surface area (Å²) in [7, 11) is 0. The summed E-state index contributed by atoms with van der Waals surface area (Å²) in [6.07, 6.45) is 5.72. The molecule has 0 heterocycles. The van der Waals surface area contributed by atoms with Gasteiger partial charge in [-0.3, -0.25) is 0 Å². The maximum atomic E-state index is 6.11. The Morgan fingerprint density at radius 1 is 1.26 bits per heavy atom. The van der Waals surface area contributed by atoms with Crippen LogP contribution in [0.3, 0.4) is 0 Å². The molecule has 1 aromatic rings. The van der Waals surface area contributed by atoms with Crippen molar-refractivity contribution in [1.82, 2.24) is 5.32 Å². The van der Waals surface area contributed by atoms with Gasteiger partial charge in [0, 0.05) is 17.8 Å². The zero-order valence-electron chi connectivity index (χ0n) is 11.5. The number of hydrogen-bond acceptors (Lipinski definition) is 2. The van der Waals surface area contributed by atoms with E-state index in [4.69, 9.17) is 18.0 Å². The maximum absolute atomic E-state index is 6.11. The molecule has 0 saturated heterocycles. The van der Waals surface area contributed by atoms with Crippen LogP contribution in [0.1, 0.15) is 38.2 Å². The van der Waals surface area contributed by atoms with E-state index in [0.29, 0.717) is 11.2 Å². The molecule has 2 unspecified atom stereocenters. The molecule has 0 spiro atoms. The number of benzene rings is 1. The minimum absolute atomic E-state index is 0.218. The number of nitrogens with two attached hydrogens (primary N) is 1. The van der Waals surface area contributed by atoms with Gasteiger partial charge in [0.15, 0.2) is 5.11 Å². The van der Waals surface area contributed by atoms with Gasteiger partial charge in [-0.15, -0.1) is 0 Å². The fourth-order valence-electron chi connectivity index (χ4n) is 2.50. The molecule has 2 atom stereocenters. The number of anilines is 1. The van der Waals surface area contributed by atoms with Gasteiger partial charge in [0.2, 0.25) is 0 Å². The van der Waals surface area contributed by atoms with E-state index in [9.17, 15) is 0 Å². The molecule has 0 aliphatic heterocycles. The summed E-state index contributed by atoms with van der Waals surface area (Å²) in [5, 5.41) is 7.24. The average molecular weight is 277 g/mol. The minimum Gasteiger partial charge on any atom is -0.358 e. The Bertz CT molecular complexity index is 416. The molecule has 0 amide bonds. The number of hydrogen-bond donors (Lipinski definition) is 3. The third-order valence-corrected chi connectivity index (χ3v) is 3.98. The van der Waals surface area contributed by atoms with Crippen LogP contribution in [-0.4, -0.2) is 17.2 Å². The highest BCUT2D eigenvalue weighted by Crippen LogP contribution is 2.17. The van der Waals surface area contributed by atoms with Gasteiger partial charge in [0.1, 0.15) is 0 Å². The molecule has 3 nitrogen and oxygen atoms in total. The second kappa shape index (κ2) is 6.87. The first-order valence-corrected chi connectivity index (χ1v) is 7.52. The third-order valence-electron chi connectivity index (χ3n) is 3.76. The number of nitrogens with one attached hydrogen (secondary N) is 2. The lowest BCUT2D eigenvalue weighted by Crippen LogP contribution is -2.50. The molecular weight excluding hydrogens is 254 g/mol. The maximum Gasteiger partial charge on any atom is 0.171 e. The molecule has 1 aliphatic carbocycles. The lowest BCUT2D eigenvalue weighted by Gasteiger charge is -2.30. The molecule has 1 saturated carbocycles. The Hall–Kier alpha value is -1.13. The Morgan fingerprint density at radius 3 is 2.58 bits per heavy atom. The molecule has 4 N–H and O–H groups in total. The predicted molar refractivity (Wildman–Crippen MR) is 85.4 cm³/mol. The number of aryl methyl sites for hydroxylation is 1. The van der Waals surface area contributed by atoms with Gasteiger partial charge < -0.3 is 16.4 Å². The molecule has 4 heteroatoms. The summed E-state index contributed by atoms with van der Waals surface area (Å²) in [5.74, 6) is 0. The predicted octanol–water partition coefficient (Wildman–Crippen LogP) is 2.81. The number of thiocarbonyl (C=S) groups is 1. The highest BCUT2D eigenvalue weighted by molar-refractivity contribution is 7.80. The standard InChI is InChI=1S/C15H23N3S/c1-2-11-7-9-12(10-8-11)17-15(19)18-14-6-4-3-5-13(14)16/h7-10,13-14H,2-6,16H2,1H3,(H2,17,18,19). The van der Waals surface area contributed by atoms with Crippen molar-refractivity contribution < 1.29 is 0 Å². The van der Waals surface area contributed by atoms with Crippen LogP contribution in [0, 0.1) is 0 Å². The van der Waals surface area contributed by atoms with Gasteiger partial charge in [0.25, 0.3) is 0 Å². The Kier molecular flexibility index (Phi) is 5.16.